The molecule has 1 aliphatic heterocycles. The number of anilines is 1. The molecule has 3 N–H and O–H groups in total. The molecule has 1 saturated carbocycles. The Labute approximate surface area is 149 Å². The highest BCUT2D eigenvalue weighted by atomic mass is 35.5. The van der Waals surface area contributed by atoms with E-state index in [1.54, 1.807) is 0 Å². The molecule has 2 aliphatic rings. The van der Waals surface area contributed by atoms with Gasteiger partial charge in [0.25, 0.3) is 0 Å². The van der Waals surface area contributed by atoms with Gasteiger partial charge in [0.05, 0.1) is 11.5 Å². The molecule has 1 heterocycles. The summed E-state index contributed by atoms with van der Waals surface area (Å²) in [4.78, 5) is 12.4. The number of ether oxygens (including phenoxy) is 1. The molecule has 0 aromatic heterocycles. The van der Waals surface area contributed by atoms with E-state index in [0.717, 1.165) is 56.6 Å². The fourth-order valence-corrected chi connectivity index (χ4v) is 3.30. The largest absolute Gasteiger partial charge is 0.488 e. The molecule has 134 valence electrons. The topological polar surface area (TPSA) is 70.6 Å². The number of aliphatic hydroxyl groups excluding tert-OH is 1. The molecule has 5 nitrogen and oxygen atoms in total. The fraction of sp³-hybridized carbons (Fsp3) is 0.611. The molecule has 3 rings (SSSR count). The number of carbonyl (C=O) groups excluding carboxylic acids is 1. The number of aliphatic hydroxyl groups is 1. The zero-order valence-corrected chi connectivity index (χ0v) is 14.9. The van der Waals surface area contributed by atoms with Crippen molar-refractivity contribution in [3.8, 4) is 5.75 Å². The molecule has 1 aromatic rings. The first-order chi connectivity index (χ1) is 11.1. The van der Waals surface area contributed by atoms with Crippen molar-refractivity contribution in [2.75, 3.05) is 18.4 Å². The van der Waals surface area contributed by atoms with Gasteiger partial charge in [-0.3, -0.25) is 4.79 Å². The van der Waals surface area contributed by atoms with Crippen molar-refractivity contribution in [2.24, 2.45) is 5.41 Å². The van der Waals surface area contributed by atoms with Crippen LogP contribution >= 0.6 is 12.4 Å². The van der Waals surface area contributed by atoms with Crippen LogP contribution in [-0.4, -0.2) is 36.3 Å². The van der Waals surface area contributed by atoms with Gasteiger partial charge in [-0.2, -0.15) is 0 Å². The summed E-state index contributed by atoms with van der Waals surface area (Å²) in [6.45, 7) is 3.60. The van der Waals surface area contributed by atoms with Crippen molar-refractivity contribution in [1.82, 2.24) is 5.32 Å². The highest BCUT2D eigenvalue weighted by Gasteiger charge is 2.36. The zero-order chi connectivity index (χ0) is 16.3. The van der Waals surface area contributed by atoms with E-state index in [2.05, 4.69) is 10.6 Å². The van der Waals surface area contributed by atoms with Crippen LogP contribution in [0.2, 0.25) is 0 Å². The lowest BCUT2D eigenvalue weighted by atomic mass is 9.89. The van der Waals surface area contributed by atoms with E-state index in [1.807, 2.05) is 31.2 Å². The van der Waals surface area contributed by atoms with E-state index in [-0.39, 0.29) is 35.9 Å². The second kappa shape index (κ2) is 8.19. The maximum absolute atomic E-state index is 12.4. The van der Waals surface area contributed by atoms with Crippen LogP contribution in [0.5, 0.6) is 5.75 Å². The zero-order valence-electron chi connectivity index (χ0n) is 14.1. The lowest BCUT2D eigenvalue weighted by molar-refractivity contribution is -0.123. The van der Waals surface area contributed by atoms with Gasteiger partial charge >= 0.3 is 0 Å². The third-order valence-corrected chi connectivity index (χ3v) is 4.98. The molecule has 1 aliphatic carbocycles. The highest BCUT2D eigenvalue weighted by molar-refractivity contribution is 5.95. The lowest BCUT2D eigenvalue weighted by Crippen LogP contribution is -2.35. The monoisotopic (exact) mass is 354 g/mol. The van der Waals surface area contributed by atoms with Gasteiger partial charge in [0, 0.05) is 12.2 Å². The summed E-state index contributed by atoms with van der Waals surface area (Å²) in [5, 5.41) is 16.2. The number of amides is 1. The van der Waals surface area contributed by atoms with Crippen LogP contribution in [0.1, 0.15) is 39.0 Å². The van der Waals surface area contributed by atoms with Gasteiger partial charge in [0.1, 0.15) is 11.9 Å². The van der Waals surface area contributed by atoms with Crippen LogP contribution < -0.4 is 15.4 Å². The second-order valence-corrected chi connectivity index (χ2v) is 6.97. The highest BCUT2D eigenvalue weighted by Crippen LogP contribution is 2.28. The standard InChI is InChI=1S/C18H26N2O3.ClH/c1-18(10-11-19-12-18)17(22)20-13-6-8-14(9-7-13)23-16-5-3-2-4-15(16)21;/h6-9,15-16,19,21H,2-5,10-12H2,1H3,(H,20,22);1H. The maximum atomic E-state index is 12.4. The van der Waals surface area contributed by atoms with Gasteiger partial charge in [-0.1, -0.05) is 6.42 Å². The molecule has 1 saturated heterocycles. The molecule has 1 amide bonds. The minimum Gasteiger partial charge on any atom is -0.488 e. The summed E-state index contributed by atoms with van der Waals surface area (Å²) >= 11 is 0. The summed E-state index contributed by atoms with van der Waals surface area (Å²) in [7, 11) is 0. The number of hydrogen-bond donors (Lipinski definition) is 3. The Bertz CT molecular complexity index is 544. The maximum Gasteiger partial charge on any atom is 0.231 e. The molecule has 2 fully saturated rings. The van der Waals surface area contributed by atoms with E-state index in [0.29, 0.717) is 0 Å². The summed E-state index contributed by atoms with van der Waals surface area (Å²) in [5.41, 5.74) is 0.446. The third kappa shape index (κ3) is 4.41. The summed E-state index contributed by atoms with van der Waals surface area (Å²) in [6, 6.07) is 7.42. The molecular formula is C18H27ClN2O3. The Kier molecular flexibility index (Phi) is 6.49. The molecule has 6 heteroatoms. The Hall–Kier alpha value is -1.30. The molecule has 3 unspecified atom stereocenters. The van der Waals surface area contributed by atoms with Gasteiger partial charge < -0.3 is 20.5 Å². The van der Waals surface area contributed by atoms with Gasteiger partial charge in [0.2, 0.25) is 5.91 Å². The molecule has 0 radical (unpaired) electrons. The molecule has 0 bridgehead atoms. The van der Waals surface area contributed by atoms with Crippen molar-refractivity contribution in [1.29, 1.82) is 0 Å². The van der Waals surface area contributed by atoms with E-state index >= 15 is 0 Å². The molecule has 24 heavy (non-hydrogen) atoms. The minimum atomic E-state index is -0.377. The number of rotatable bonds is 4. The predicted molar refractivity (Wildman–Crippen MR) is 96.8 cm³/mol. The van der Waals surface area contributed by atoms with Crippen LogP contribution in [0.4, 0.5) is 5.69 Å². The van der Waals surface area contributed by atoms with Crippen molar-refractivity contribution in [3.63, 3.8) is 0 Å². The van der Waals surface area contributed by atoms with Crippen LogP contribution in [-0.2, 0) is 4.79 Å². The van der Waals surface area contributed by atoms with Crippen LogP contribution in [0.25, 0.3) is 0 Å². The van der Waals surface area contributed by atoms with E-state index in [4.69, 9.17) is 4.74 Å². The van der Waals surface area contributed by atoms with Crippen LogP contribution in [0.3, 0.4) is 0 Å². The van der Waals surface area contributed by atoms with Crippen molar-refractivity contribution >= 4 is 24.0 Å². The lowest BCUT2D eigenvalue weighted by Gasteiger charge is -2.28. The third-order valence-electron chi connectivity index (χ3n) is 4.98. The average Bonchev–Trinajstić information content (AvgIpc) is 3.00. The second-order valence-electron chi connectivity index (χ2n) is 6.97. The molecule has 3 atom stereocenters. The van der Waals surface area contributed by atoms with Crippen LogP contribution in [0.15, 0.2) is 24.3 Å². The molecule has 0 spiro atoms. The van der Waals surface area contributed by atoms with Crippen molar-refractivity contribution < 1.29 is 14.6 Å². The number of halogens is 1. The van der Waals surface area contributed by atoms with Crippen LogP contribution in [0, 0.1) is 5.41 Å². The van der Waals surface area contributed by atoms with E-state index in [9.17, 15) is 9.90 Å². The summed E-state index contributed by atoms with van der Waals surface area (Å²) in [5.74, 6) is 0.793. The predicted octanol–water partition coefficient (Wildman–Crippen LogP) is 2.73. The van der Waals surface area contributed by atoms with E-state index in [1.165, 1.54) is 0 Å². The number of hydrogen-bond acceptors (Lipinski definition) is 4. The number of nitrogens with one attached hydrogen (secondary N) is 2. The number of carbonyl (C=O) groups is 1. The first-order valence-electron chi connectivity index (χ1n) is 8.54. The van der Waals surface area contributed by atoms with Gasteiger partial charge in [-0.25, -0.2) is 0 Å². The summed E-state index contributed by atoms with van der Waals surface area (Å²) < 4.78 is 5.87. The first-order valence-corrected chi connectivity index (χ1v) is 8.54. The Balaban J connectivity index is 0.00000208. The van der Waals surface area contributed by atoms with Crippen molar-refractivity contribution in [3.05, 3.63) is 24.3 Å². The minimum absolute atomic E-state index is 0. The average molecular weight is 355 g/mol. The summed E-state index contributed by atoms with van der Waals surface area (Å²) in [6.07, 6.45) is 4.24. The van der Waals surface area contributed by atoms with Gasteiger partial charge in [0.15, 0.2) is 0 Å². The Morgan fingerprint density at radius 1 is 1.29 bits per heavy atom. The van der Waals surface area contributed by atoms with Crippen molar-refractivity contribution in [2.45, 2.75) is 51.2 Å². The SMILES string of the molecule is CC1(C(=O)Nc2ccc(OC3CCCCC3O)cc2)CCNC1.Cl. The van der Waals surface area contributed by atoms with Gasteiger partial charge in [-0.05, 0) is 63.4 Å². The first kappa shape index (κ1) is 19.0. The normalized spacial score (nSPS) is 29.6. The van der Waals surface area contributed by atoms with Gasteiger partial charge in [-0.15, -0.1) is 12.4 Å². The smallest absolute Gasteiger partial charge is 0.231 e. The quantitative estimate of drug-likeness (QED) is 0.777. The Morgan fingerprint density at radius 3 is 2.62 bits per heavy atom. The molecule has 1 aromatic carbocycles. The Morgan fingerprint density at radius 2 is 2.00 bits per heavy atom. The fourth-order valence-electron chi connectivity index (χ4n) is 3.30. The molecular weight excluding hydrogens is 328 g/mol. The number of benzene rings is 1. The van der Waals surface area contributed by atoms with E-state index < -0.39 is 0 Å².